The van der Waals surface area contributed by atoms with Gasteiger partial charge in [-0.05, 0) is 72.0 Å². The molecule has 116 valence electrons. The molecular weight excluding hydrogens is 250 g/mol. The summed E-state index contributed by atoms with van der Waals surface area (Å²) in [6.07, 6.45) is 4.74. The molecule has 0 spiro atoms. The van der Waals surface area contributed by atoms with E-state index in [1.807, 2.05) is 0 Å². The van der Waals surface area contributed by atoms with Gasteiger partial charge in [-0.2, -0.15) is 0 Å². The van der Waals surface area contributed by atoms with Crippen LogP contribution in [-0.2, 0) is 4.79 Å². The van der Waals surface area contributed by atoms with Gasteiger partial charge in [0.2, 0.25) is 5.91 Å². The van der Waals surface area contributed by atoms with Gasteiger partial charge in [-0.15, -0.1) is 0 Å². The molecular formula is C16H31N3O. The highest BCUT2D eigenvalue weighted by atomic mass is 16.2. The lowest BCUT2D eigenvalue weighted by molar-refractivity contribution is -0.125. The molecule has 20 heavy (non-hydrogen) atoms. The number of likely N-dealkylation sites (N-methyl/N-ethyl adjacent to an activating group) is 1. The molecule has 2 heterocycles. The van der Waals surface area contributed by atoms with Gasteiger partial charge in [0.15, 0.2) is 0 Å². The fraction of sp³-hybridized carbons (Fsp3) is 0.938. The van der Waals surface area contributed by atoms with Crippen molar-refractivity contribution in [2.75, 3.05) is 33.2 Å². The Morgan fingerprint density at radius 2 is 1.80 bits per heavy atom. The summed E-state index contributed by atoms with van der Waals surface area (Å²) in [6, 6.07) is 0.126. The van der Waals surface area contributed by atoms with Crippen molar-refractivity contribution in [3.05, 3.63) is 0 Å². The molecule has 0 saturated carbocycles. The number of likely N-dealkylation sites (tertiary alicyclic amines) is 2. The average Bonchev–Trinajstić information content (AvgIpc) is 2.85. The molecule has 2 saturated heterocycles. The van der Waals surface area contributed by atoms with Crippen molar-refractivity contribution in [1.29, 1.82) is 0 Å². The summed E-state index contributed by atoms with van der Waals surface area (Å²) in [6.45, 7) is 11.5. The SMILES string of the molecule is CNC(=O)[C@@H]1CCCN1CC1CCN(C(C)(C)C)CC1. The minimum atomic E-state index is 0.126. The van der Waals surface area contributed by atoms with E-state index >= 15 is 0 Å². The second-order valence-corrected chi connectivity index (χ2v) is 7.37. The van der Waals surface area contributed by atoms with Crippen molar-refractivity contribution in [2.45, 2.75) is 58.0 Å². The maximum atomic E-state index is 11.9. The van der Waals surface area contributed by atoms with Gasteiger partial charge >= 0.3 is 0 Å². The summed E-state index contributed by atoms with van der Waals surface area (Å²) in [4.78, 5) is 16.9. The van der Waals surface area contributed by atoms with Gasteiger partial charge in [-0.1, -0.05) is 0 Å². The molecule has 4 nitrogen and oxygen atoms in total. The topological polar surface area (TPSA) is 35.6 Å². The third-order valence-electron chi connectivity index (χ3n) is 4.97. The maximum Gasteiger partial charge on any atom is 0.237 e. The Bertz CT molecular complexity index is 329. The van der Waals surface area contributed by atoms with E-state index in [2.05, 4.69) is 35.9 Å². The molecule has 0 aliphatic carbocycles. The molecule has 2 rings (SSSR count). The van der Waals surface area contributed by atoms with E-state index in [9.17, 15) is 4.79 Å². The second-order valence-electron chi connectivity index (χ2n) is 7.37. The summed E-state index contributed by atoms with van der Waals surface area (Å²) in [5.41, 5.74) is 0.295. The van der Waals surface area contributed by atoms with Crippen LogP contribution in [0.25, 0.3) is 0 Å². The van der Waals surface area contributed by atoms with Crippen molar-refractivity contribution < 1.29 is 4.79 Å². The van der Waals surface area contributed by atoms with Gasteiger partial charge in [0.25, 0.3) is 0 Å². The molecule has 2 fully saturated rings. The van der Waals surface area contributed by atoms with Crippen LogP contribution >= 0.6 is 0 Å². The van der Waals surface area contributed by atoms with E-state index in [0.29, 0.717) is 5.54 Å². The zero-order valence-electron chi connectivity index (χ0n) is 13.6. The Hall–Kier alpha value is -0.610. The molecule has 0 bridgehead atoms. The zero-order valence-corrected chi connectivity index (χ0v) is 13.6. The first kappa shape index (κ1) is 15.8. The molecule has 4 heteroatoms. The van der Waals surface area contributed by atoms with Crippen molar-refractivity contribution in [2.24, 2.45) is 5.92 Å². The highest BCUT2D eigenvalue weighted by Crippen LogP contribution is 2.27. The first-order valence-corrected chi connectivity index (χ1v) is 8.12. The second kappa shape index (κ2) is 6.44. The van der Waals surface area contributed by atoms with E-state index in [1.54, 1.807) is 7.05 Å². The van der Waals surface area contributed by atoms with Crippen LogP contribution in [0.15, 0.2) is 0 Å². The van der Waals surface area contributed by atoms with Crippen LogP contribution < -0.4 is 5.32 Å². The smallest absolute Gasteiger partial charge is 0.237 e. The normalized spacial score (nSPS) is 26.9. The highest BCUT2D eigenvalue weighted by molar-refractivity contribution is 5.81. The van der Waals surface area contributed by atoms with Crippen molar-refractivity contribution >= 4 is 5.91 Å². The first-order valence-electron chi connectivity index (χ1n) is 8.12. The van der Waals surface area contributed by atoms with Crippen molar-refractivity contribution in [3.8, 4) is 0 Å². The van der Waals surface area contributed by atoms with E-state index < -0.39 is 0 Å². The van der Waals surface area contributed by atoms with Crippen LogP contribution in [-0.4, -0.2) is 60.5 Å². The Kier molecular flexibility index (Phi) is 5.08. The van der Waals surface area contributed by atoms with Gasteiger partial charge in [0.05, 0.1) is 6.04 Å². The fourth-order valence-electron chi connectivity index (χ4n) is 3.63. The van der Waals surface area contributed by atoms with Crippen LogP contribution in [0.1, 0.15) is 46.5 Å². The van der Waals surface area contributed by atoms with Gasteiger partial charge < -0.3 is 5.32 Å². The summed E-state index contributed by atoms with van der Waals surface area (Å²) < 4.78 is 0. The molecule has 2 aliphatic rings. The van der Waals surface area contributed by atoms with Gasteiger partial charge in [0, 0.05) is 19.1 Å². The van der Waals surface area contributed by atoms with E-state index in [0.717, 1.165) is 25.4 Å². The molecule has 1 N–H and O–H groups in total. The van der Waals surface area contributed by atoms with E-state index in [1.165, 1.54) is 32.4 Å². The average molecular weight is 281 g/mol. The first-order chi connectivity index (χ1) is 9.41. The van der Waals surface area contributed by atoms with E-state index in [4.69, 9.17) is 0 Å². The molecule has 0 aromatic rings. The quantitative estimate of drug-likeness (QED) is 0.855. The number of nitrogens with zero attached hydrogens (tertiary/aromatic N) is 2. The number of carbonyl (C=O) groups excluding carboxylic acids is 1. The van der Waals surface area contributed by atoms with Crippen LogP contribution in [0.5, 0.6) is 0 Å². The predicted molar refractivity (Wildman–Crippen MR) is 82.7 cm³/mol. The Balaban J connectivity index is 1.82. The summed E-state index contributed by atoms with van der Waals surface area (Å²) in [5, 5.41) is 2.81. The monoisotopic (exact) mass is 281 g/mol. The number of hydrogen-bond acceptors (Lipinski definition) is 3. The molecule has 1 amide bonds. The molecule has 0 aromatic heterocycles. The van der Waals surface area contributed by atoms with Crippen molar-refractivity contribution in [3.63, 3.8) is 0 Å². The fourth-order valence-corrected chi connectivity index (χ4v) is 3.63. The lowest BCUT2D eigenvalue weighted by Crippen LogP contribution is -2.49. The predicted octanol–water partition coefficient (Wildman–Crippen LogP) is 1.71. The molecule has 2 aliphatic heterocycles. The van der Waals surface area contributed by atoms with Crippen LogP contribution in [0.2, 0.25) is 0 Å². The molecule has 0 unspecified atom stereocenters. The lowest BCUT2D eigenvalue weighted by Gasteiger charge is -2.42. The zero-order chi connectivity index (χ0) is 14.8. The number of carbonyl (C=O) groups is 1. The molecule has 1 atom stereocenters. The summed E-state index contributed by atoms with van der Waals surface area (Å²) in [5.74, 6) is 0.966. The number of nitrogens with one attached hydrogen (secondary N) is 1. The Labute approximate surface area is 123 Å². The number of rotatable bonds is 3. The lowest BCUT2D eigenvalue weighted by atomic mass is 9.92. The van der Waals surface area contributed by atoms with Gasteiger partial charge in [-0.25, -0.2) is 0 Å². The minimum absolute atomic E-state index is 0.126. The van der Waals surface area contributed by atoms with Gasteiger partial charge in [0.1, 0.15) is 0 Å². The molecule has 0 aromatic carbocycles. The number of piperidine rings is 1. The molecule has 0 radical (unpaired) electrons. The van der Waals surface area contributed by atoms with Crippen LogP contribution in [0, 0.1) is 5.92 Å². The van der Waals surface area contributed by atoms with Crippen molar-refractivity contribution in [1.82, 2.24) is 15.1 Å². The number of hydrogen-bond donors (Lipinski definition) is 1. The minimum Gasteiger partial charge on any atom is -0.358 e. The third-order valence-corrected chi connectivity index (χ3v) is 4.97. The Morgan fingerprint density at radius 1 is 1.15 bits per heavy atom. The summed E-state index contributed by atoms with van der Waals surface area (Å²) in [7, 11) is 1.75. The number of amides is 1. The highest BCUT2D eigenvalue weighted by Gasteiger charge is 2.33. The standard InChI is InChI=1S/C16H31N3O/c1-16(2,3)19-10-7-13(8-11-19)12-18-9-5-6-14(18)15(20)17-4/h13-14H,5-12H2,1-4H3,(H,17,20)/t14-/m0/s1. The van der Waals surface area contributed by atoms with Crippen LogP contribution in [0.4, 0.5) is 0 Å². The van der Waals surface area contributed by atoms with Crippen LogP contribution in [0.3, 0.4) is 0 Å². The summed E-state index contributed by atoms with van der Waals surface area (Å²) >= 11 is 0. The third kappa shape index (κ3) is 3.73. The Morgan fingerprint density at radius 3 is 2.35 bits per heavy atom. The largest absolute Gasteiger partial charge is 0.358 e. The van der Waals surface area contributed by atoms with Gasteiger partial charge in [-0.3, -0.25) is 14.6 Å². The van der Waals surface area contributed by atoms with E-state index in [-0.39, 0.29) is 11.9 Å². The maximum absolute atomic E-state index is 11.9.